The third-order valence-electron chi connectivity index (χ3n) is 1.20. The fourth-order valence-electron chi connectivity index (χ4n) is 0.827. The number of hydrogen-bond acceptors (Lipinski definition) is 4. The van der Waals surface area contributed by atoms with Crippen molar-refractivity contribution in [1.29, 1.82) is 0 Å². The first-order valence-electron chi connectivity index (χ1n) is 4.35. The van der Waals surface area contributed by atoms with Crippen LogP contribution in [0.4, 0.5) is 0 Å². The molecular formula is C9H18O4Si. The molecule has 4 nitrogen and oxygen atoms in total. The van der Waals surface area contributed by atoms with Crippen molar-refractivity contribution >= 4 is 14.3 Å². The molecule has 0 aromatic heterocycles. The Morgan fingerprint density at radius 3 is 2.21 bits per heavy atom. The maximum atomic E-state index is 11.0. The molecule has 0 rings (SSSR count). The highest BCUT2D eigenvalue weighted by molar-refractivity contribution is 6.70. The number of ether oxygens (including phenoxy) is 2. The first kappa shape index (κ1) is 13.2. The monoisotopic (exact) mass is 218 g/mol. The van der Waals surface area contributed by atoms with Crippen LogP contribution in [0.15, 0.2) is 11.8 Å². The van der Waals surface area contributed by atoms with Crippen molar-refractivity contribution in [2.45, 2.75) is 19.6 Å². The quantitative estimate of drug-likeness (QED) is 0.304. The standard InChI is InChI=1S/C9H18O4Si/c1-11-7-8(6-9(10)12-2)13-14(3,4)5/h6H,7H2,1-5H3. The second kappa shape index (κ2) is 5.82. The highest BCUT2D eigenvalue weighted by Gasteiger charge is 2.18. The Hall–Kier alpha value is -0.813. The Balaban J connectivity index is 4.43. The van der Waals surface area contributed by atoms with Gasteiger partial charge in [0.15, 0.2) is 0 Å². The minimum Gasteiger partial charge on any atom is -0.545 e. The van der Waals surface area contributed by atoms with E-state index in [0.29, 0.717) is 12.4 Å². The number of carbonyl (C=O) groups is 1. The van der Waals surface area contributed by atoms with Crippen molar-refractivity contribution < 1.29 is 18.7 Å². The zero-order chi connectivity index (χ0) is 11.2. The van der Waals surface area contributed by atoms with E-state index in [9.17, 15) is 4.79 Å². The fraction of sp³-hybridized carbons (Fsp3) is 0.667. The summed E-state index contributed by atoms with van der Waals surface area (Å²) < 4.78 is 15.0. The van der Waals surface area contributed by atoms with Crippen LogP contribution in [0, 0.1) is 0 Å². The number of carbonyl (C=O) groups excluding carboxylic acids is 1. The molecule has 0 saturated heterocycles. The van der Waals surface area contributed by atoms with E-state index in [4.69, 9.17) is 9.16 Å². The molecule has 0 saturated carbocycles. The van der Waals surface area contributed by atoms with Crippen LogP contribution >= 0.6 is 0 Å². The predicted molar refractivity (Wildman–Crippen MR) is 56.4 cm³/mol. The van der Waals surface area contributed by atoms with Crippen LogP contribution in [0.1, 0.15) is 0 Å². The SMILES string of the molecule is COCC(=CC(=O)OC)O[Si](C)(C)C. The van der Waals surface area contributed by atoms with E-state index in [1.165, 1.54) is 13.2 Å². The second-order valence-corrected chi connectivity index (χ2v) is 8.21. The Labute approximate surface area is 86.0 Å². The van der Waals surface area contributed by atoms with Crippen LogP contribution in [0.25, 0.3) is 0 Å². The maximum absolute atomic E-state index is 11.0. The predicted octanol–water partition coefficient (Wildman–Crippen LogP) is 1.54. The lowest BCUT2D eigenvalue weighted by molar-refractivity contribution is -0.135. The summed E-state index contributed by atoms with van der Waals surface area (Å²) in [6.45, 7) is 6.40. The summed E-state index contributed by atoms with van der Waals surface area (Å²) in [5, 5.41) is 0. The molecule has 5 heteroatoms. The summed E-state index contributed by atoms with van der Waals surface area (Å²) in [5.74, 6) is 0.105. The van der Waals surface area contributed by atoms with E-state index in [0.717, 1.165) is 0 Å². The fourth-order valence-corrected chi connectivity index (χ4v) is 1.73. The summed E-state index contributed by atoms with van der Waals surface area (Å²) in [6.07, 6.45) is 1.32. The summed E-state index contributed by atoms with van der Waals surface area (Å²) in [6, 6.07) is 0. The third-order valence-corrected chi connectivity index (χ3v) is 2.08. The van der Waals surface area contributed by atoms with Gasteiger partial charge in [0.25, 0.3) is 0 Å². The molecule has 0 unspecified atom stereocenters. The van der Waals surface area contributed by atoms with Crippen molar-refractivity contribution in [2.75, 3.05) is 20.8 Å². The van der Waals surface area contributed by atoms with E-state index in [-0.39, 0.29) is 0 Å². The van der Waals surface area contributed by atoms with Crippen LogP contribution in [-0.2, 0) is 18.7 Å². The topological polar surface area (TPSA) is 44.8 Å². The molecule has 0 bridgehead atoms. The molecule has 82 valence electrons. The summed E-state index contributed by atoms with van der Waals surface area (Å²) in [5.41, 5.74) is 0. The Kier molecular flexibility index (Phi) is 5.48. The average Bonchev–Trinajstić information content (AvgIpc) is 2.01. The molecule has 0 N–H and O–H groups in total. The molecule has 0 heterocycles. The van der Waals surface area contributed by atoms with Crippen LogP contribution < -0.4 is 0 Å². The van der Waals surface area contributed by atoms with Crippen molar-refractivity contribution in [3.63, 3.8) is 0 Å². The van der Waals surface area contributed by atoms with Crippen LogP contribution in [0.5, 0.6) is 0 Å². The summed E-state index contributed by atoms with van der Waals surface area (Å²) >= 11 is 0. The van der Waals surface area contributed by atoms with E-state index >= 15 is 0 Å². The lowest BCUT2D eigenvalue weighted by Gasteiger charge is -2.21. The highest BCUT2D eigenvalue weighted by Crippen LogP contribution is 2.10. The molecule has 0 atom stereocenters. The van der Waals surface area contributed by atoms with Crippen LogP contribution in [0.2, 0.25) is 19.6 Å². The van der Waals surface area contributed by atoms with Crippen molar-refractivity contribution in [2.24, 2.45) is 0 Å². The van der Waals surface area contributed by atoms with Crippen LogP contribution in [-0.4, -0.2) is 35.1 Å². The van der Waals surface area contributed by atoms with Gasteiger partial charge in [0.05, 0.1) is 13.2 Å². The number of methoxy groups -OCH3 is 2. The van der Waals surface area contributed by atoms with E-state index in [2.05, 4.69) is 4.74 Å². The lowest BCUT2D eigenvalue weighted by Crippen LogP contribution is -2.26. The van der Waals surface area contributed by atoms with Gasteiger partial charge in [-0.1, -0.05) is 0 Å². The number of hydrogen-bond donors (Lipinski definition) is 0. The summed E-state index contributed by atoms with van der Waals surface area (Å²) in [4.78, 5) is 11.0. The van der Waals surface area contributed by atoms with Gasteiger partial charge in [-0.25, -0.2) is 4.79 Å². The zero-order valence-corrected chi connectivity index (χ0v) is 10.4. The van der Waals surface area contributed by atoms with E-state index in [1.807, 2.05) is 19.6 Å². The molecule has 0 spiro atoms. The largest absolute Gasteiger partial charge is 0.545 e. The van der Waals surface area contributed by atoms with Gasteiger partial charge in [-0.2, -0.15) is 0 Å². The Morgan fingerprint density at radius 1 is 1.29 bits per heavy atom. The molecular weight excluding hydrogens is 200 g/mol. The minimum atomic E-state index is -1.69. The van der Waals surface area contributed by atoms with Crippen molar-refractivity contribution in [3.05, 3.63) is 11.8 Å². The third kappa shape index (κ3) is 6.68. The van der Waals surface area contributed by atoms with Gasteiger partial charge in [0.1, 0.15) is 12.4 Å². The smallest absolute Gasteiger partial charge is 0.333 e. The molecule has 0 radical (unpaired) electrons. The van der Waals surface area contributed by atoms with Gasteiger partial charge in [-0.15, -0.1) is 0 Å². The minimum absolute atomic E-state index is 0.291. The molecule has 0 aliphatic carbocycles. The van der Waals surface area contributed by atoms with Crippen LogP contribution in [0.3, 0.4) is 0 Å². The molecule has 0 aromatic rings. The first-order chi connectivity index (χ1) is 6.39. The van der Waals surface area contributed by atoms with Gasteiger partial charge in [-0.3, -0.25) is 0 Å². The van der Waals surface area contributed by atoms with E-state index < -0.39 is 14.3 Å². The van der Waals surface area contributed by atoms with Gasteiger partial charge in [0.2, 0.25) is 8.32 Å². The van der Waals surface area contributed by atoms with Gasteiger partial charge < -0.3 is 13.9 Å². The van der Waals surface area contributed by atoms with Gasteiger partial charge >= 0.3 is 5.97 Å². The Morgan fingerprint density at radius 2 is 1.86 bits per heavy atom. The molecule has 0 aliphatic heterocycles. The number of esters is 1. The second-order valence-electron chi connectivity index (χ2n) is 3.78. The molecule has 0 aromatic carbocycles. The molecule has 14 heavy (non-hydrogen) atoms. The molecule has 0 fully saturated rings. The lowest BCUT2D eigenvalue weighted by atomic mass is 10.4. The Bertz CT molecular complexity index is 217. The normalized spacial score (nSPS) is 12.5. The van der Waals surface area contributed by atoms with Crippen molar-refractivity contribution in [3.8, 4) is 0 Å². The average molecular weight is 218 g/mol. The maximum Gasteiger partial charge on any atom is 0.333 e. The van der Waals surface area contributed by atoms with E-state index in [1.54, 1.807) is 7.11 Å². The molecule has 0 aliphatic rings. The molecule has 0 amide bonds. The van der Waals surface area contributed by atoms with Gasteiger partial charge in [0, 0.05) is 7.11 Å². The van der Waals surface area contributed by atoms with Crippen molar-refractivity contribution in [1.82, 2.24) is 0 Å². The van der Waals surface area contributed by atoms with Gasteiger partial charge in [-0.05, 0) is 19.6 Å². The summed E-state index contributed by atoms with van der Waals surface area (Å²) in [7, 11) is 1.19. The zero-order valence-electron chi connectivity index (χ0n) is 9.42. The number of rotatable bonds is 5. The highest BCUT2D eigenvalue weighted by atomic mass is 28.4. The first-order valence-corrected chi connectivity index (χ1v) is 7.76.